The molecule has 0 aliphatic rings. The van der Waals surface area contributed by atoms with Gasteiger partial charge in [0.1, 0.15) is 0 Å². The predicted octanol–water partition coefficient (Wildman–Crippen LogP) is 6.23. The van der Waals surface area contributed by atoms with E-state index in [-0.39, 0.29) is 10.6 Å². The second-order valence-electron chi connectivity index (χ2n) is 7.18. The first-order chi connectivity index (χ1) is 13.1. The Morgan fingerprint density at radius 2 is 1.70 bits per heavy atom. The van der Waals surface area contributed by atoms with Crippen LogP contribution >= 0.6 is 0 Å². The molecule has 0 amide bonds. The number of non-ortho nitro benzene ring substituents is 1. The summed E-state index contributed by atoms with van der Waals surface area (Å²) in [5, 5.41) is 10.8. The van der Waals surface area contributed by atoms with Crippen LogP contribution in [0, 0.1) is 16.0 Å². The summed E-state index contributed by atoms with van der Waals surface area (Å²) >= 11 is 0. The quantitative estimate of drug-likeness (QED) is 0.205. The molecule has 0 heterocycles. The monoisotopic (exact) mass is 366 g/mol. The second-order valence-corrected chi connectivity index (χ2v) is 7.18. The van der Waals surface area contributed by atoms with Crippen molar-refractivity contribution in [3.8, 4) is 0 Å². The minimum Gasteiger partial charge on any atom is -0.289 e. The van der Waals surface area contributed by atoms with Crippen molar-refractivity contribution in [1.82, 2.24) is 0 Å². The topological polar surface area (TPSA) is 55.5 Å². The van der Waals surface area contributed by atoms with E-state index in [0.717, 1.165) is 35.7 Å². The predicted molar refractivity (Wildman–Crippen MR) is 113 cm³/mol. The lowest BCUT2D eigenvalue weighted by Crippen LogP contribution is -2.07. The van der Waals surface area contributed by atoms with Crippen molar-refractivity contribution in [2.45, 2.75) is 52.4 Å². The fourth-order valence-corrected chi connectivity index (χ4v) is 3.16. The van der Waals surface area contributed by atoms with E-state index in [0.29, 0.717) is 6.42 Å². The van der Waals surface area contributed by atoms with Crippen molar-refractivity contribution in [2.24, 2.45) is 10.9 Å². The SMILES string of the molecule is CCCCC(C)CCCN=C(Cc1ccc([N+](=O)[O-])cc1)c1ccccc1. The summed E-state index contributed by atoms with van der Waals surface area (Å²) in [4.78, 5) is 15.3. The number of nitro benzene ring substituents is 1. The Balaban J connectivity index is 2.02. The maximum absolute atomic E-state index is 10.8. The number of nitrogens with zero attached hydrogens (tertiary/aromatic N) is 2. The van der Waals surface area contributed by atoms with Crippen LogP contribution in [0.25, 0.3) is 0 Å². The third kappa shape index (κ3) is 7.33. The zero-order valence-corrected chi connectivity index (χ0v) is 16.4. The molecule has 0 aromatic heterocycles. The first kappa shape index (κ1) is 20.8. The van der Waals surface area contributed by atoms with Crippen LogP contribution in [0.15, 0.2) is 59.6 Å². The number of unbranched alkanes of at least 4 members (excludes halogenated alkanes) is 1. The zero-order valence-electron chi connectivity index (χ0n) is 16.4. The molecule has 0 saturated carbocycles. The summed E-state index contributed by atoms with van der Waals surface area (Å²) in [6, 6.07) is 17.0. The van der Waals surface area contributed by atoms with Crippen LogP contribution in [0.3, 0.4) is 0 Å². The molecule has 0 N–H and O–H groups in total. The van der Waals surface area contributed by atoms with E-state index < -0.39 is 0 Å². The molecule has 1 unspecified atom stereocenters. The molecule has 0 bridgehead atoms. The van der Waals surface area contributed by atoms with Gasteiger partial charge in [0, 0.05) is 30.8 Å². The van der Waals surface area contributed by atoms with E-state index in [1.54, 1.807) is 12.1 Å². The van der Waals surface area contributed by atoms with Crippen molar-refractivity contribution in [2.75, 3.05) is 6.54 Å². The largest absolute Gasteiger partial charge is 0.289 e. The highest BCUT2D eigenvalue weighted by Gasteiger charge is 2.08. The van der Waals surface area contributed by atoms with Gasteiger partial charge in [-0.15, -0.1) is 0 Å². The van der Waals surface area contributed by atoms with Crippen LogP contribution in [0.4, 0.5) is 5.69 Å². The van der Waals surface area contributed by atoms with Gasteiger partial charge >= 0.3 is 0 Å². The second kappa shape index (κ2) is 11.3. The van der Waals surface area contributed by atoms with Gasteiger partial charge in [0.05, 0.1) is 4.92 Å². The van der Waals surface area contributed by atoms with E-state index in [1.165, 1.54) is 25.7 Å². The van der Waals surface area contributed by atoms with Gasteiger partial charge in [-0.3, -0.25) is 15.1 Å². The van der Waals surface area contributed by atoms with Crippen LogP contribution in [-0.2, 0) is 6.42 Å². The Bertz CT molecular complexity index is 724. The van der Waals surface area contributed by atoms with Gasteiger partial charge in [-0.2, -0.15) is 0 Å². The average molecular weight is 367 g/mol. The molecule has 0 spiro atoms. The Labute approximate surface area is 162 Å². The van der Waals surface area contributed by atoms with Crippen molar-refractivity contribution < 1.29 is 4.92 Å². The molecule has 1 atom stereocenters. The molecular formula is C23H30N2O2. The number of aliphatic imine (C=N–C) groups is 1. The molecule has 4 nitrogen and oxygen atoms in total. The summed E-state index contributed by atoms with van der Waals surface area (Å²) in [6.07, 6.45) is 6.86. The van der Waals surface area contributed by atoms with Crippen LogP contribution < -0.4 is 0 Å². The molecular weight excluding hydrogens is 336 g/mol. The molecule has 2 rings (SSSR count). The zero-order chi connectivity index (χ0) is 19.5. The van der Waals surface area contributed by atoms with Crippen molar-refractivity contribution in [1.29, 1.82) is 0 Å². The van der Waals surface area contributed by atoms with Crippen LogP contribution in [0.2, 0.25) is 0 Å². The Kier molecular flexibility index (Phi) is 8.69. The molecule has 0 radical (unpaired) electrons. The molecule has 27 heavy (non-hydrogen) atoms. The fourth-order valence-electron chi connectivity index (χ4n) is 3.16. The summed E-state index contributed by atoms with van der Waals surface area (Å²) in [6.45, 7) is 5.39. The number of hydrogen-bond acceptors (Lipinski definition) is 3. The van der Waals surface area contributed by atoms with Gasteiger partial charge in [-0.1, -0.05) is 75.6 Å². The van der Waals surface area contributed by atoms with Gasteiger partial charge in [0.25, 0.3) is 5.69 Å². The average Bonchev–Trinajstić information content (AvgIpc) is 2.69. The molecule has 2 aromatic carbocycles. The Hall–Kier alpha value is -2.49. The highest BCUT2D eigenvalue weighted by molar-refractivity contribution is 6.01. The van der Waals surface area contributed by atoms with E-state index in [1.807, 2.05) is 30.3 Å². The maximum atomic E-state index is 10.8. The lowest BCUT2D eigenvalue weighted by atomic mass is 9.99. The molecule has 0 saturated heterocycles. The first-order valence-electron chi connectivity index (χ1n) is 9.92. The maximum Gasteiger partial charge on any atom is 0.269 e. The highest BCUT2D eigenvalue weighted by Crippen LogP contribution is 2.16. The summed E-state index contributed by atoms with van der Waals surface area (Å²) in [7, 11) is 0. The third-order valence-electron chi connectivity index (χ3n) is 4.83. The van der Waals surface area contributed by atoms with Crippen molar-refractivity contribution >= 4 is 11.4 Å². The molecule has 0 aliphatic heterocycles. The van der Waals surface area contributed by atoms with E-state index in [9.17, 15) is 10.1 Å². The lowest BCUT2D eigenvalue weighted by molar-refractivity contribution is -0.384. The standard InChI is InChI=1S/C23H30N2O2/c1-3-4-9-19(2)10-8-17-24-23(21-11-6-5-7-12-21)18-20-13-15-22(16-14-20)25(26)27/h5-7,11-16,19H,3-4,8-10,17-18H2,1-2H3. The van der Waals surface area contributed by atoms with Gasteiger partial charge in [-0.25, -0.2) is 0 Å². The molecule has 2 aromatic rings. The number of rotatable bonds is 11. The van der Waals surface area contributed by atoms with Crippen molar-refractivity contribution in [3.63, 3.8) is 0 Å². The fraction of sp³-hybridized carbons (Fsp3) is 0.435. The molecule has 4 heteroatoms. The van der Waals surface area contributed by atoms with Crippen molar-refractivity contribution in [3.05, 3.63) is 75.8 Å². The Morgan fingerprint density at radius 3 is 2.33 bits per heavy atom. The molecule has 0 aliphatic carbocycles. The molecule has 0 fully saturated rings. The highest BCUT2D eigenvalue weighted by atomic mass is 16.6. The van der Waals surface area contributed by atoms with Crippen LogP contribution in [0.5, 0.6) is 0 Å². The summed E-state index contributed by atoms with van der Waals surface area (Å²) < 4.78 is 0. The van der Waals surface area contributed by atoms with Gasteiger partial charge < -0.3 is 0 Å². The number of nitro groups is 1. The minimum absolute atomic E-state index is 0.123. The first-order valence-corrected chi connectivity index (χ1v) is 9.92. The Morgan fingerprint density at radius 1 is 1.04 bits per heavy atom. The third-order valence-corrected chi connectivity index (χ3v) is 4.83. The van der Waals surface area contributed by atoms with Gasteiger partial charge in [-0.05, 0) is 29.9 Å². The lowest BCUT2D eigenvalue weighted by Gasteiger charge is -2.11. The number of benzene rings is 2. The normalized spacial score (nSPS) is 12.7. The summed E-state index contributed by atoms with van der Waals surface area (Å²) in [5.41, 5.74) is 3.33. The smallest absolute Gasteiger partial charge is 0.269 e. The number of hydrogen-bond donors (Lipinski definition) is 0. The minimum atomic E-state index is -0.365. The van der Waals surface area contributed by atoms with E-state index in [2.05, 4.69) is 26.0 Å². The van der Waals surface area contributed by atoms with E-state index >= 15 is 0 Å². The van der Waals surface area contributed by atoms with Crippen LogP contribution in [0.1, 0.15) is 57.1 Å². The molecule has 144 valence electrons. The summed E-state index contributed by atoms with van der Waals surface area (Å²) in [5.74, 6) is 0.759. The van der Waals surface area contributed by atoms with Gasteiger partial charge in [0.15, 0.2) is 0 Å². The van der Waals surface area contributed by atoms with Gasteiger partial charge in [0.2, 0.25) is 0 Å². The van der Waals surface area contributed by atoms with E-state index in [4.69, 9.17) is 4.99 Å². The van der Waals surface area contributed by atoms with Crippen LogP contribution in [-0.4, -0.2) is 17.2 Å².